The number of piperidine rings is 1. The van der Waals surface area contributed by atoms with Crippen molar-refractivity contribution in [2.24, 2.45) is 5.92 Å². The van der Waals surface area contributed by atoms with Crippen molar-refractivity contribution in [3.63, 3.8) is 0 Å². The summed E-state index contributed by atoms with van der Waals surface area (Å²) < 4.78 is 19.2. The summed E-state index contributed by atoms with van der Waals surface area (Å²) in [4.78, 5) is 3.29. The van der Waals surface area contributed by atoms with Crippen molar-refractivity contribution in [2.45, 2.75) is 18.9 Å². The number of β-amino-alcohol motifs (C(OH)–C–C–N with tert-alkyl or cyclic N) is 1. The first kappa shape index (κ1) is 16.4. The molecule has 0 bridgehead atoms. The van der Waals surface area contributed by atoms with Gasteiger partial charge in [0.2, 0.25) is 0 Å². The van der Waals surface area contributed by atoms with Crippen molar-refractivity contribution >= 4 is 11.3 Å². The largest absolute Gasteiger partial charge is 0.490 e. The van der Waals surface area contributed by atoms with Gasteiger partial charge in [-0.05, 0) is 43.0 Å². The SMILES string of the molecule is O[C@@H](CN1CCC[C@@H](COc2ccccc2F)C1)c1cccs1. The number of aliphatic hydroxyl groups excluding tert-OH is 1. The second-order valence-electron chi connectivity index (χ2n) is 6.04. The molecule has 0 radical (unpaired) electrons. The Morgan fingerprint density at radius 1 is 1.30 bits per heavy atom. The summed E-state index contributed by atoms with van der Waals surface area (Å²) in [6, 6.07) is 10.5. The van der Waals surface area contributed by atoms with E-state index in [1.807, 2.05) is 17.5 Å². The predicted molar refractivity (Wildman–Crippen MR) is 90.3 cm³/mol. The molecule has 0 saturated carbocycles. The highest BCUT2D eigenvalue weighted by molar-refractivity contribution is 7.10. The van der Waals surface area contributed by atoms with Gasteiger partial charge in [0.1, 0.15) is 6.10 Å². The number of rotatable bonds is 6. The zero-order chi connectivity index (χ0) is 16.1. The van der Waals surface area contributed by atoms with Gasteiger partial charge in [0.05, 0.1) is 6.61 Å². The van der Waals surface area contributed by atoms with Crippen molar-refractivity contribution in [2.75, 3.05) is 26.2 Å². The summed E-state index contributed by atoms with van der Waals surface area (Å²) in [5.74, 6) is 0.385. The van der Waals surface area contributed by atoms with Crippen molar-refractivity contribution in [3.05, 3.63) is 52.5 Å². The number of aliphatic hydroxyl groups is 1. The Hall–Kier alpha value is -1.43. The molecule has 1 N–H and O–H groups in total. The number of hydrogen-bond donors (Lipinski definition) is 1. The van der Waals surface area contributed by atoms with Crippen LogP contribution in [0.5, 0.6) is 5.75 Å². The van der Waals surface area contributed by atoms with Gasteiger partial charge in [0, 0.05) is 23.9 Å². The molecule has 1 aliphatic heterocycles. The highest BCUT2D eigenvalue weighted by atomic mass is 32.1. The van der Waals surface area contributed by atoms with Crippen molar-refractivity contribution < 1.29 is 14.2 Å². The van der Waals surface area contributed by atoms with E-state index in [-0.39, 0.29) is 5.82 Å². The molecule has 1 saturated heterocycles. The van der Waals surface area contributed by atoms with Crippen molar-refractivity contribution in [1.82, 2.24) is 4.90 Å². The van der Waals surface area contributed by atoms with Gasteiger partial charge in [-0.2, -0.15) is 0 Å². The van der Waals surface area contributed by atoms with E-state index < -0.39 is 6.10 Å². The summed E-state index contributed by atoms with van der Waals surface area (Å²) in [5, 5.41) is 12.3. The highest BCUT2D eigenvalue weighted by Crippen LogP contribution is 2.24. The van der Waals surface area contributed by atoms with Crippen LogP contribution in [0.3, 0.4) is 0 Å². The Bertz CT molecular complexity index is 605. The van der Waals surface area contributed by atoms with E-state index in [0.29, 0.717) is 24.8 Å². The van der Waals surface area contributed by atoms with Crippen LogP contribution in [0.25, 0.3) is 0 Å². The summed E-state index contributed by atoms with van der Waals surface area (Å²) >= 11 is 1.59. The fourth-order valence-electron chi connectivity index (χ4n) is 3.04. The quantitative estimate of drug-likeness (QED) is 0.873. The predicted octanol–water partition coefficient (Wildman–Crippen LogP) is 3.71. The van der Waals surface area contributed by atoms with Gasteiger partial charge in [-0.25, -0.2) is 4.39 Å². The molecule has 5 heteroatoms. The number of hydrogen-bond acceptors (Lipinski definition) is 4. The topological polar surface area (TPSA) is 32.7 Å². The molecule has 124 valence electrons. The first-order valence-electron chi connectivity index (χ1n) is 8.03. The maximum Gasteiger partial charge on any atom is 0.165 e. The van der Waals surface area contributed by atoms with E-state index in [9.17, 15) is 9.50 Å². The maximum absolute atomic E-state index is 13.6. The van der Waals surface area contributed by atoms with Gasteiger partial charge < -0.3 is 9.84 Å². The van der Waals surface area contributed by atoms with Gasteiger partial charge in [0.15, 0.2) is 11.6 Å². The number of likely N-dealkylation sites (tertiary alicyclic amines) is 1. The Morgan fingerprint density at radius 2 is 2.17 bits per heavy atom. The third-order valence-electron chi connectivity index (χ3n) is 4.22. The number of benzene rings is 1. The van der Waals surface area contributed by atoms with E-state index >= 15 is 0 Å². The zero-order valence-electron chi connectivity index (χ0n) is 13.0. The van der Waals surface area contributed by atoms with E-state index in [1.54, 1.807) is 29.5 Å². The maximum atomic E-state index is 13.6. The van der Waals surface area contributed by atoms with Crippen molar-refractivity contribution in [1.29, 1.82) is 0 Å². The second kappa shape index (κ2) is 7.90. The molecular formula is C18H22FNO2S. The molecule has 0 aliphatic carbocycles. The van der Waals surface area contributed by atoms with Crippen LogP contribution >= 0.6 is 11.3 Å². The van der Waals surface area contributed by atoms with Crippen LogP contribution in [0, 0.1) is 11.7 Å². The Labute approximate surface area is 140 Å². The van der Waals surface area contributed by atoms with Crippen molar-refractivity contribution in [3.8, 4) is 5.75 Å². The van der Waals surface area contributed by atoms with E-state index in [1.165, 1.54) is 6.07 Å². The molecule has 0 amide bonds. The Balaban J connectivity index is 1.49. The molecular weight excluding hydrogens is 313 g/mol. The number of halogens is 1. The van der Waals surface area contributed by atoms with Crippen LogP contribution in [-0.4, -0.2) is 36.2 Å². The first-order chi connectivity index (χ1) is 11.2. The lowest BCUT2D eigenvalue weighted by atomic mass is 9.98. The van der Waals surface area contributed by atoms with Crippen LogP contribution in [-0.2, 0) is 0 Å². The fourth-order valence-corrected chi connectivity index (χ4v) is 3.74. The fraction of sp³-hybridized carbons (Fsp3) is 0.444. The minimum atomic E-state index is -0.429. The average Bonchev–Trinajstić information content (AvgIpc) is 3.09. The number of ether oxygens (including phenoxy) is 1. The molecule has 1 aliphatic rings. The summed E-state index contributed by atoms with van der Waals surface area (Å²) in [6.45, 7) is 3.05. The minimum absolute atomic E-state index is 0.312. The monoisotopic (exact) mass is 335 g/mol. The number of nitrogens with zero attached hydrogens (tertiary/aromatic N) is 1. The molecule has 2 heterocycles. The highest BCUT2D eigenvalue weighted by Gasteiger charge is 2.23. The Kier molecular flexibility index (Phi) is 5.65. The van der Waals surface area contributed by atoms with Crippen LogP contribution in [0.4, 0.5) is 4.39 Å². The summed E-state index contributed by atoms with van der Waals surface area (Å²) in [7, 11) is 0. The smallest absolute Gasteiger partial charge is 0.165 e. The van der Waals surface area contributed by atoms with Gasteiger partial charge in [-0.1, -0.05) is 18.2 Å². The molecule has 3 nitrogen and oxygen atoms in total. The number of para-hydroxylation sites is 1. The van der Waals surface area contributed by atoms with E-state index in [4.69, 9.17) is 4.74 Å². The second-order valence-corrected chi connectivity index (χ2v) is 7.02. The van der Waals surface area contributed by atoms with Gasteiger partial charge in [0.25, 0.3) is 0 Å². The molecule has 0 unspecified atom stereocenters. The van der Waals surface area contributed by atoms with Gasteiger partial charge >= 0.3 is 0 Å². The molecule has 1 aromatic heterocycles. The first-order valence-corrected chi connectivity index (χ1v) is 8.91. The van der Waals surface area contributed by atoms with Crippen LogP contribution in [0.2, 0.25) is 0 Å². The molecule has 0 spiro atoms. The minimum Gasteiger partial charge on any atom is -0.490 e. The summed E-state index contributed by atoms with van der Waals surface area (Å²) in [5.41, 5.74) is 0. The summed E-state index contributed by atoms with van der Waals surface area (Å²) in [6.07, 6.45) is 1.74. The molecule has 2 aromatic rings. The molecule has 23 heavy (non-hydrogen) atoms. The van der Waals surface area contributed by atoms with Crippen LogP contribution < -0.4 is 4.74 Å². The molecule has 1 fully saturated rings. The molecule has 1 aromatic carbocycles. The number of thiophene rings is 1. The third kappa shape index (κ3) is 4.53. The lowest BCUT2D eigenvalue weighted by molar-refractivity contribution is 0.0724. The molecule has 3 rings (SSSR count). The third-order valence-corrected chi connectivity index (χ3v) is 5.19. The average molecular weight is 335 g/mol. The van der Waals surface area contributed by atoms with E-state index in [2.05, 4.69) is 4.90 Å². The lowest BCUT2D eigenvalue weighted by Crippen LogP contribution is -2.39. The zero-order valence-corrected chi connectivity index (χ0v) is 13.8. The molecule has 2 atom stereocenters. The van der Waals surface area contributed by atoms with Crippen LogP contribution in [0.1, 0.15) is 23.8 Å². The van der Waals surface area contributed by atoms with Gasteiger partial charge in [-0.15, -0.1) is 11.3 Å². The standard InChI is InChI=1S/C18H22FNO2S/c19-15-6-1-2-7-17(15)22-13-14-5-3-9-20(11-14)12-16(21)18-8-4-10-23-18/h1-2,4,6-8,10,14,16,21H,3,5,9,11-13H2/t14-,16+/m1/s1. The van der Waals surface area contributed by atoms with Crippen LogP contribution in [0.15, 0.2) is 41.8 Å². The Morgan fingerprint density at radius 3 is 2.96 bits per heavy atom. The van der Waals surface area contributed by atoms with Gasteiger partial charge in [-0.3, -0.25) is 4.90 Å². The normalized spacial score (nSPS) is 20.3. The van der Waals surface area contributed by atoms with E-state index in [0.717, 1.165) is 30.8 Å². The lowest BCUT2D eigenvalue weighted by Gasteiger charge is -2.33.